The highest BCUT2D eigenvalue weighted by atomic mass is 32.1. The van der Waals surface area contributed by atoms with Gasteiger partial charge in [0.2, 0.25) is 0 Å². The van der Waals surface area contributed by atoms with Crippen molar-refractivity contribution in [3.05, 3.63) is 30.1 Å². The van der Waals surface area contributed by atoms with E-state index in [4.69, 9.17) is 5.11 Å². The average molecular weight is 212 g/mol. The highest BCUT2D eigenvalue weighted by molar-refractivity contribution is 7.98. The molecule has 1 unspecified atom stereocenters. The van der Waals surface area contributed by atoms with Crippen molar-refractivity contribution < 1.29 is 10.2 Å². The van der Waals surface area contributed by atoms with E-state index in [2.05, 4.69) is 4.98 Å². The molecule has 0 spiro atoms. The van der Waals surface area contributed by atoms with E-state index in [0.717, 1.165) is 12.2 Å². The number of aromatic nitrogens is 1. The summed E-state index contributed by atoms with van der Waals surface area (Å²) in [6.07, 6.45) is 3.61. The Hall–Kier alpha value is -0.840. The van der Waals surface area contributed by atoms with E-state index in [-0.39, 0.29) is 5.05 Å². The summed E-state index contributed by atoms with van der Waals surface area (Å²) in [4.78, 5) is 3.92. The summed E-state index contributed by atoms with van der Waals surface area (Å²) in [5.41, 5.74) is 1.19. The zero-order valence-electron chi connectivity index (χ0n) is 8.05. The molecule has 3 nitrogen and oxygen atoms in total. The first-order chi connectivity index (χ1) is 6.70. The Morgan fingerprint density at radius 3 is 2.71 bits per heavy atom. The molecule has 1 aromatic rings. The summed E-state index contributed by atoms with van der Waals surface area (Å²) in [7, 11) is 0. The maximum atomic E-state index is 9.22. The van der Waals surface area contributed by atoms with Gasteiger partial charge in [-0.3, -0.25) is 4.98 Å². The Balaban J connectivity index is 2.39. The van der Waals surface area contributed by atoms with Crippen LogP contribution in [0.3, 0.4) is 0 Å². The molecule has 1 rings (SSSR count). The lowest BCUT2D eigenvalue weighted by Crippen LogP contribution is -2.13. The Labute approximate surface area is 87.4 Å². The number of rotatable bonds is 4. The predicted molar refractivity (Wildman–Crippen MR) is 59.7 cm³/mol. The number of nitrogens with zero attached hydrogens (tertiary/aromatic N) is 1. The third-order valence-corrected chi connectivity index (χ3v) is 2.79. The molecule has 1 heterocycles. The predicted octanol–water partition coefficient (Wildman–Crippen LogP) is 1.43. The second-order valence-corrected chi connectivity index (χ2v) is 4.08. The maximum Gasteiger partial charge on any atom is 0.126 e. The minimum atomic E-state index is -0.752. The van der Waals surface area contributed by atoms with Crippen LogP contribution in [0.2, 0.25) is 0 Å². The molecule has 0 fully saturated rings. The van der Waals surface area contributed by atoms with Crippen molar-refractivity contribution in [2.45, 2.75) is 19.4 Å². The molecule has 1 radical (unpaired) electrons. The first-order valence-electron chi connectivity index (χ1n) is 4.45. The van der Waals surface area contributed by atoms with Gasteiger partial charge in [-0.15, -0.1) is 0 Å². The van der Waals surface area contributed by atoms with Crippen LogP contribution < -0.4 is 0 Å². The molecule has 0 aliphatic rings. The molecule has 0 aromatic carbocycles. The Bertz CT molecular complexity index is 298. The second kappa shape index (κ2) is 5.80. The van der Waals surface area contributed by atoms with Crippen LogP contribution in [-0.2, 0) is 6.42 Å². The standard InChI is InChI=1S/C10H14NO2S/c1-8(12)10(13)14-7-4-9-2-5-11-6-3-9/h2-3,5-6,8,12-13H,4,7H2,1H3. The molecule has 0 aliphatic heterocycles. The van der Waals surface area contributed by atoms with Gasteiger partial charge in [0.05, 0.1) is 0 Å². The fourth-order valence-corrected chi connectivity index (χ4v) is 1.73. The SMILES string of the molecule is CC(O)C(O)=[S]CCc1ccncc1. The van der Waals surface area contributed by atoms with Gasteiger partial charge < -0.3 is 10.2 Å². The van der Waals surface area contributed by atoms with E-state index < -0.39 is 6.10 Å². The van der Waals surface area contributed by atoms with Crippen LogP contribution in [0, 0.1) is 0 Å². The molecule has 2 N–H and O–H groups in total. The van der Waals surface area contributed by atoms with Crippen LogP contribution in [0.1, 0.15) is 12.5 Å². The number of aliphatic hydroxyl groups is 2. The third-order valence-electron chi connectivity index (χ3n) is 1.75. The van der Waals surface area contributed by atoms with E-state index >= 15 is 0 Å². The number of aliphatic hydroxyl groups excluding tert-OH is 2. The Kier molecular flexibility index (Phi) is 4.65. The Morgan fingerprint density at radius 2 is 2.14 bits per heavy atom. The van der Waals surface area contributed by atoms with Gasteiger partial charge in [0.25, 0.3) is 0 Å². The van der Waals surface area contributed by atoms with Crippen molar-refractivity contribution in [2.75, 3.05) is 5.75 Å². The maximum absolute atomic E-state index is 9.22. The van der Waals surface area contributed by atoms with Crippen molar-refractivity contribution in [3.8, 4) is 0 Å². The Morgan fingerprint density at radius 1 is 1.50 bits per heavy atom. The van der Waals surface area contributed by atoms with Crippen molar-refractivity contribution in [2.24, 2.45) is 0 Å². The second-order valence-electron chi connectivity index (χ2n) is 2.97. The van der Waals surface area contributed by atoms with Gasteiger partial charge in [0, 0.05) is 18.1 Å². The van der Waals surface area contributed by atoms with E-state index in [0.29, 0.717) is 0 Å². The van der Waals surface area contributed by atoms with E-state index in [1.807, 2.05) is 12.1 Å². The van der Waals surface area contributed by atoms with E-state index in [1.165, 1.54) is 16.9 Å². The molecule has 0 saturated carbocycles. The van der Waals surface area contributed by atoms with Crippen LogP contribution in [-0.4, -0.2) is 32.1 Å². The zero-order chi connectivity index (χ0) is 10.4. The van der Waals surface area contributed by atoms with Gasteiger partial charge >= 0.3 is 0 Å². The van der Waals surface area contributed by atoms with Gasteiger partial charge in [0.15, 0.2) is 0 Å². The van der Waals surface area contributed by atoms with Gasteiger partial charge in [-0.2, -0.15) is 11.4 Å². The number of hydrogen-bond donors (Lipinski definition) is 2. The molecular weight excluding hydrogens is 198 g/mol. The van der Waals surface area contributed by atoms with Crippen molar-refractivity contribution >= 4 is 16.4 Å². The molecule has 1 aromatic heterocycles. The summed E-state index contributed by atoms with van der Waals surface area (Å²) < 4.78 is 0. The molecule has 4 heteroatoms. The smallest absolute Gasteiger partial charge is 0.126 e. The first-order valence-corrected chi connectivity index (χ1v) is 5.44. The normalized spacial score (nSPS) is 14.1. The third kappa shape index (κ3) is 3.91. The van der Waals surface area contributed by atoms with Crippen LogP contribution in [0.5, 0.6) is 0 Å². The van der Waals surface area contributed by atoms with Gasteiger partial charge in [-0.05, 0) is 31.0 Å². The highest BCUT2D eigenvalue weighted by Crippen LogP contribution is 2.02. The van der Waals surface area contributed by atoms with Crippen LogP contribution in [0.25, 0.3) is 0 Å². The molecule has 0 amide bonds. The molecule has 77 valence electrons. The number of hydrogen-bond acceptors (Lipinski definition) is 2. The first kappa shape index (κ1) is 11.2. The minimum absolute atomic E-state index is 0.0825. The number of aryl methyl sites for hydroxylation is 1. The van der Waals surface area contributed by atoms with Crippen molar-refractivity contribution in [3.63, 3.8) is 0 Å². The van der Waals surface area contributed by atoms with Gasteiger partial charge in [-0.1, -0.05) is 0 Å². The topological polar surface area (TPSA) is 53.4 Å². The molecule has 0 aliphatic carbocycles. The molecule has 1 atom stereocenters. The highest BCUT2D eigenvalue weighted by Gasteiger charge is 2.00. The number of pyridine rings is 1. The molecule has 14 heavy (non-hydrogen) atoms. The summed E-state index contributed by atoms with van der Waals surface area (Å²) in [5.74, 6) is 0.765. The van der Waals surface area contributed by atoms with Crippen LogP contribution >= 0.6 is 11.4 Å². The summed E-state index contributed by atoms with van der Waals surface area (Å²) >= 11 is 1.28. The monoisotopic (exact) mass is 212 g/mol. The van der Waals surface area contributed by atoms with Crippen molar-refractivity contribution in [1.29, 1.82) is 0 Å². The molecular formula is C10H14NO2S. The summed E-state index contributed by atoms with van der Waals surface area (Å²) in [6, 6.07) is 3.89. The summed E-state index contributed by atoms with van der Waals surface area (Å²) in [5, 5.41) is 18.3. The fourth-order valence-electron chi connectivity index (χ4n) is 0.944. The van der Waals surface area contributed by atoms with Gasteiger partial charge in [-0.25, -0.2) is 0 Å². The average Bonchev–Trinajstić information content (AvgIpc) is 2.19. The molecule has 0 saturated heterocycles. The lowest BCUT2D eigenvalue weighted by atomic mass is 10.2. The van der Waals surface area contributed by atoms with Gasteiger partial charge in [0.1, 0.15) is 11.2 Å². The fraction of sp³-hybridized carbons (Fsp3) is 0.400. The van der Waals surface area contributed by atoms with Crippen LogP contribution in [0.15, 0.2) is 24.5 Å². The van der Waals surface area contributed by atoms with E-state index in [9.17, 15) is 5.11 Å². The summed E-state index contributed by atoms with van der Waals surface area (Å²) in [6.45, 7) is 1.55. The molecule has 0 bridgehead atoms. The largest absolute Gasteiger partial charge is 0.386 e. The zero-order valence-corrected chi connectivity index (χ0v) is 8.87. The quantitative estimate of drug-likeness (QED) is 0.742. The van der Waals surface area contributed by atoms with E-state index in [1.54, 1.807) is 19.3 Å². The lowest BCUT2D eigenvalue weighted by molar-refractivity contribution is 0.241. The van der Waals surface area contributed by atoms with Crippen LogP contribution in [0.4, 0.5) is 0 Å². The lowest BCUT2D eigenvalue weighted by Gasteiger charge is -2.01. The van der Waals surface area contributed by atoms with Crippen molar-refractivity contribution in [1.82, 2.24) is 4.98 Å². The minimum Gasteiger partial charge on any atom is -0.386 e.